The highest BCUT2D eigenvalue weighted by atomic mass is 79.9. The first-order chi connectivity index (χ1) is 13.5. The average molecular weight is 461 g/mol. The Morgan fingerprint density at radius 1 is 1.29 bits per heavy atom. The number of hydrogen-bond donors (Lipinski definition) is 2. The first-order valence-electron chi connectivity index (χ1n) is 8.92. The lowest BCUT2D eigenvalue weighted by atomic mass is 10.2. The van der Waals surface area contributed by atoms with Gasteiger partial charge in [0.1, 0.15) is 5.75 Å². The van der Waals surface area contributed by atoms with Gasteiger partial charge in [-0.3, -0.25) is 14.5 Å². The van der Waals surface area contributed by atoms with Crippen LogP contribution in [-0.4, -0.2) is 27.3 Å². The molecule has 2 aromatic carbocycles. The molecule has 0 atom stereocenters. The van der Waals surface area contributed by atoms with E-state index in [0.29, 0.717) is 23.7 Å². The summed E-state index contributed by atoms with van der Waals surface area (Å²) < 4.78 is 8.79. The Balaban J connectivity index is 1.69. The van der Waals surface area contributed by atoms with Crippen molar-refractivity contribution in [3.63, 3.8) is 0 Å². The summed E-state index contributed by atoms with van der Waals surface area (Å²) in [6.07, 6.45) is 0.285. The van der Waals surface area contributed by atoms with Crippen LogP contribution in [-0.2, 0) is 11.3 Å². The average Bonchev–Trinajstić information content (AvgIpc) is 3.04. The standard InChI is InChI=1S/C20H21BrN4O2S/c1-3-27-16-7-4-14(5-8-16)19-23-24-20(28)25(19)11-10-18(26)22-15-6-9-17(21)13(2)12-15/h4-9,12H,3,10-11H2,1-2H3,(H,22,26)(H,24,28). The zero-order valence-electron chi connectivity index (χ0n) is 15.7. The van der Waals surface area contributed by atoms with E-state index >= 15 is 0 Å². The molecular weight excluding hydrogens is 440 g/mol. The van der Waals surface area contributed by atoms with Crippen LogP contribution >= 0.6 is 28.1 Å². The molecule has 3 rings (SSSR count). The molecular formula is C20H21BrN4O2S. The maximum absolute atomic E-state index is 12.4. The molecule has 0 bridgehead atoms. The number of carbonyl (C=O) groups is 1. The third-order valence-corrected chi connectivity index (χ3v) is 5.39. The lowest BCUT2D eigenvalue weighted by Crippen LogP contribution is -2.15. The minimum atomic E-state index is -0.0810. The summed E-state index contributed by atoms with van der Waals surface area (Å²) in [5.41, 5.74) is 2.74. The van der Waals surface area contributed by atoms with Crippen molar-refractivity contribution in [2.45, 2.75) is 26.8 Å². The summed E-state index contributed by atoms with van der Waals surface area (Å²) in [6.45, 7) is 4.97. The van der Waals surface area contributed by atoms with Crippen molar-refractivity contribution in [2.24, 2.45) is 0 Å². The van der Waals surface area contributed by atoms with Crippen molar-refractivity contribution < 1.29 is 9.53 Å². The first kappa shape index (κ1) is 20.3. The quantitative estimate of drug-likeness (QED) is 0.480. The minimum Gasteiger partial charge on any atom is -0.494 e. The van der Waals surface area contributed by atoms with Crippen molar-refractivity contribution in [3.8, 4) is 17.1 Å². The molecule has 1 aromatic heterocycles. The monoisotopic (exact) mass is 460 g/mol. The second-order valence-electron chi connectivity index (χ2n) is 6.22. The molecule has 28 heavy (non-hydrogen) atoms. The van der Waals surface area contributed by atoms with Gasteiger partial charge in [-0.2, -0.15) is 5.10 Å². The maximum atomic E-state index is 12.4. The van der Waals surface area contributed by atoms with E-state index in [1.807, 2.05) is 60.9 Å². The Morgan fingerprint density at radius 2 is 2.04 bits per heavy atom. The zero-order valence-corrected chi connectivity index (χ0v) is 18.1. The van der Waals surface area contributed by atoms with Crippen molar-refractivity contribution in [1.29, 1.82) is 0 Å². The Hall–Kier alpha value is -2.45. The SMILES string of the molecule is CCOc1ccc(-c2n[nH]c(=S)n2CCC(=O)Nc2ccc(Br)c(C)c2)cc1. The number of benzene rings is 2. The van der Waals surface area contributed by atoms with Gasteiger partial charge in [-0.05, 0) is 74.1 Å². The number of aromatic nitrogens is 3. The number of hydrogen-bond acceptors (Lipinski definition) is 4. The molecule has 0 fully saturated rings. The van der Waals surface area contributed by atoms with Crippen molar-refractivity contribution >= 4 is 39.7 Å². The maximum Gasteiger partial charge on any atom is 0.226 e. The van der Waals surface area contributed by atoms with Crippen LogP contribution in [0.15, 0.2) is 46.9 Å². The van der Waals surface area contributed by atoms with E-state index in [0.717, 1.165) is 27.0 Å². The molecule has 1 amide bonds. The number of carbonyl (C=O) groups excluding carboxylic acids is 1. The van der Waals surface area contributed by atoms with Gasteiger partial charge < -0.3 is 10.1 Å². The molecule has 0 unspecified atom stereocenters. The summed E-state index contributed by atoms with van der Waals surface area (Å²) >= 11 is 8.79. The number of nitrogens with one attached hydrogen (secondary N) is 2. The lowest BCUT2D eigenvalue weighted by molar-refractivity contribution is -0.116. The first-order valence-corrected chi connectivity index (χ1v) is 10.1. The van der Waals surface area contributed by atoms with Gasteiger partial charge in [0.15, 0.2) is 10.6 Å². The predicted octanol–water partition coefficient (Wildman–Crippen LogP) is 5.11. The van der Waals surface area contributed by atoms with Crippen LogP contribution in [0.1, 0.15) is 18.9 Å². The molecule has 0 saturated carbocycles. The normalized spacial score (nSPS) is 10.7. The van der Waals surface area contributed by atoms with Crippen molar-refractivity contribution in [1.82, 2.24) is 14.8 Å². The van der Waals surface area contributed by atoms with Crippen molar-refractivity contribution in [3.05, 3.63) is 57.3 Å². The summed E-state index contributed by atoms with van der Waals surface area (Å²) in [4.78, 5) is 12.4. The highest BCUT2D eigenvalue weighted by Crippen LogP contribution is 2.22. The minimum absolute atomic E-state index is 0.0810. The summed E-state index contributed by atoms with van der Waals surface area (Å²) in [6, 6.07) is 13.4. The van der Waals surface area contributed by atoms with E-state index in [2.05, 4.69) is 31.4 Å². The number of nitrogens with zero attached hydrogens (tertiary/aromatic N) is 2. The topological polar surface area (TPSA) is 71.9 Å². The van der Waals surface area contributed by atoms with Crippen LogP contribution in [0, 0.1) is 11.7 Å². The molecule has 0 aliphatic carbocycles. The molecule has 8 heteroatoms. The fourth-order valence-electron chi connectivity index (χ4n) is 2.77. The molecule has 0 spiro atoms. The summed E-state index contributed by atoms with van der Waals surface area (Å²) in [5, 5.41) is 10.0. The van der Waals surface area contributed by atoms with Crippen LogP contribution in [0.3, 0.4) is 0 Å². The number of aryl methyl sites for hydroxylation is 1. The number of ether oxygens (including phenoxy) is 1. The predicted molar refractivity (Wildman–Crippen MR) is 116 cm³/mol. The Morgan fingerprint density at radius 3 is 2.71 bits per heavy atom. The van der Waals surface area contributed by atoms with Crippen LogP contribution in [0.4, 0.5) is 5.69 Å². The number of aromatic amines is 1. The van der Waals surface area contributed by atoms with Crippen LogP contribution in [0.2, 0.25) is 0 Å². The van der Waals surface area contributed by atoms with E-state index in [9.17, 15) is 4.79 Å². The molecule has 2 N–H and O–H groups in total. The molecule has 0 aliphatic heterocycles. The Kier molecular flexibility index (Phi) is 6.64. The number of H-pyrrole nitrogens is 1. The summed E-state index contributed by atoms with van der Waals surface area (Å²) in [5.74, 6) is 1.42. The molecule has 6 nitrogen and oxygen atoms in total. The van der Waals surface area contributed by atoms with E-state index < -0.39 is 0 Å². The zero-order chi connectivity index (χ0) is 20.1. The van der Waals surface area contributed by atoms with Crippen molar-refractivity contribution in [2.75, 3.05) is 11.9 Å². The van der Waals surface area contributed by atoms with Gasteiger partial charge in [-0.15, -0.1) is 0 Å². The number of amides is 1. The molecule has 0 saturated heterocycles. The highest BCUT2D eigenvalue weighted by molar-refractivity contribution is 9.10. The van der Waals surface area contributed by atoms with E-state index in [4.69, 9.17) is 17.0 Å². The Bertz CT molecular complexity index is 1030. The van der Waals surface area contributed by atoms with E-state index in [1.165, 1.54) is 0 Å². The third kappa shape index (κ3) is 4.88. The number of halogens is 1. The molecule has 146 valence electrons. The molecule has 0 radical (unpaired) electrons. The van der Waals surface area contributed by atoms with Gasteiger partial charge in [0.25, 0.3) is 0 Å². The fourth-order valence-corrected chi connectivity index (χ4v) is 3.24. The smallest absolute Gasteiger partial charge is 0.226 e. The largest absolute Gasteiger partial charge is 0.494 e. The Labute approximate surface area is 177 Å². The van der Waals surface area contributed by atoms with Crippen LogP contribution in [0.5, 0.6) is 5.75 Å². The number of rotatable bonds is 7. The van der Waals surface area contributed by atoms with Gasteiger partial charge in [0, 0.05) is 28.7 Å². The molecule has 1 heterocycles. The third-order valence-electron chi connectivity index (χ3n) is 4.19. The fraction of sp³-hybridized carbons (Fsp3) is 0.250. The second kappa shape index (κ2) is 9.16. The second-order valence-corrected chi connectivity index (χ2v) is 7.46. The molecule has 3 aromatic rings. The van der Waals surface area contributed by atoms with Crippen LogP contribution < -0.4 is 10.1 Å². The van der Waals surface area contributed by atoms with Crippen LogP contribution in [0.25, 0.3) is 11.4 Å². The molecule has 0 aliphatic rings. The van der Waals surface area contributed by atoms with Gasteiger partial charge >= 0.3 is 0 Å². The van der Waals surface area contributed by atoms with Gasteiger partial charge in [0.2, 0.25) is 5.91 Å². The van der Waals surface area contributed by atoms with Gasteiger partial charge in [0.05, 0.1) is 6.61 Å². The van der Waals surface area contributed by atoms with E-state index in [1.54, 1.807) is 0 Å². The van der Waals surface area contributed by atoms with Gasteiger partial charge in [-0.1, -0.05) is 15.9 Å². The number of anilines is 1. The van der Waals surface area contributed by atoms with Gasteiger partial charge in [-0.25, -0.2) is 0 Å². The lowest BCUT2D eigenvalue weighted by Gasteiger charge is -2.09. The van der Waals surface area contributed by atoms with E-state index in [-0.39, 0.29) is 12.3 Å². The highest BCUT2D eigenvalue weighted by Gasteiger charge is 2.11. The summed E-state index contributed by atoms with van der Waals surface area (Å²) in [7, 11) is 0.